The third kappa shape index (κ3) is 0.901. The SMILES string of the molecule is OC1c2ccccc2C2NCCC12. The third-order valence-electron chi connectivity index (χ3n) is 3.33. The topological polar surface area (TPSA) is 32.3 Å². The normalized spacial score (nSPS) is 35.9. The Hall–Kier alpha value is -0.860. The van der Waals surface area contributed by atoms with Crippen molar-refractivity contribution in [2.45, 2.75) is 18.6 Å². The van der Waals surface area contributed by atoms with E-state index >= 15 is 0 Å². The summed E-state index contributed by atoms with van der Waals surface area (Å²) < 4.78 is 0. The molecule has 0 aromatic heterocycles. The second kappa shape index (κ2) is 2.56. The van der Waals surface area contributed by atoms with Gasteiger partial charge in [-0.25, -0.2) is 0 Å². The van der Waals surface area contributed by atoms with Crippen LogP contribution in [0.25, 0.3) is 0 Å². The molecule has 2 N–H and O–H groups in total. The number of benzene rings is 1. The van der Waals surface area contributed by atoms with E-state index in [1.165, 1.54) is 5.56 Å². The van der Waals surface area contributed by atoms with Gasteiger partial charge in [-0.05, 0) is 24.1 Å². The van der Waals surface area contributed by atoms with E-state index < -0.39 is 0 Å². The molecule has 3 atom stereocenters. The monoisotopic (exact) mass is 175 g/mol. The Kier molecular flexibility index (Phi) is 1.49. The highest BCUT2D eigenvalue weighted by atomic mass is 16.3. The summed E-state index contributed by atoms with van der Waals surface area (Å²) in [4.78, 5) is 0. The molecule has 1 fully saturated rings. The van der Waals surface area contributed by atoms with Crippen LogP contribution in [0.3, 0.4) is 0 Å². The lowest BCUT2D eigenvalue weighted by Crippen LogP contribution is -2.14. The molecule has 0 bridgehead atoms. The third-order valence-corrected chi connectivity index (χ3v) is 3.33. The number of rotatable bonds is 0. The van der Waals surface area contributed by atoms with Crippen molar-refractivity contribution >= 4 is 0 Å². The summed E-state index contributed by atoms with van der Waals surface area (Å²) in [5, 5.41) is 13.5. The predicted molar refractivity (Wildman–Crippen MR) is 50.3 cm³/mol. The number of aliphatic hydroxyl groups excluding tert-OH is 1. The Bertz CT molecular complexity index is 337. The summed E-state index contributed by atoms with van der Waals surface area (Å²) in [6, 6.07) is 8.63. The van der Waals surface area contributed by atoms with Gasteiger partial charge < -0.3 is 10.4 Å². The van der Waals surface area contributed by atoms with E-state index in [0.29, 0.717) is 12.0 Å². The number of hydrogen-bond acceptors (Lipinski definition) is 2. The van der Waals surface area contributed by atoms with E-state index in [1.54, 1.807) is 0 Å². The summed E-state index contributed by atoms with van der Waals surface area (Å²) in [5.41, 5.74) is 2.43. The lowest BCUT2D eigenvalue weighted by Gasteiger charge is -2.11. The smallest absolute Gasteiger partial charge is 0.0840 e. The van der Waals surface area contributed by atoms with Crippen LogP contribution in [0.1, 0.15) is 29.7 Å². The maximum absolute atomic E-state index is 10.0. The summed E-state index contributed by atoms with van der Waals surface area (Å²) in [5.74, 6) is 0.414. The molecule has 1 heterocycles. The Labute approximate surface area is 77.6 Å². The van der Waals surface area contributed by atoms with Crippen LogP contribution in [0.15, 0.2) is 24.3 Å². The first-order valence-corrected chi connectivity index (χ1v) is 4.88. The van der Waals surface area contributed by atoms with Gasteiger partial charge in [-0.3, -0.25) is 0 Å². The van der Waals surface area contributed by atoms with Crippen molar-refractivity contribution in [1.29, 1.82) is 0 Å². The molecule has 0 saturated carbocycles. The van der Waals surface area contributed by atoms with Crippen LogP contribution < -0.4 is 5.32 Å². The minimum atomic E-state index is -0.240. The molecule has 1 saturated heterocycles. The highest BCUT2D eigenvalue weighted by molar-refractivity contribution is 5.38. The van der Waals surface area contributed by atoms with Crippen LogP contribution in [0.5, 0.6) is 0 Å². The number of aliphatic hydroxyl groups is 1. The van der Waals surface area contributed by atoms with Gasteiger partial charge in [0.05, 0.1) is 6.10 Å². The largest absolute Gasteiger partial charge is 0.388 e. The first-order valence-electron chi connectivity index (χ1n) is 4.88. The van der Waals surface area contributed by atoms with Crippen LogP contribution >= 0.6 is 0 Å². The van der Waals surface area contributed by atoms with Gasteiger partial charge >= 0.3 is 0 Å². The molecule has 3 rings (SSSR count). The fourth-order valence-electron chi connectivity index (χ4n) is 2.70. The van der Waals surface area contributed by atoms with Gasteiger partial charge in [0.25, 0.3) is 0 Å². The molecule has 0 spiro atoms. The van der Waals surface area contributed by atoms with Gasteiger partial charge in [-0.15, -0.1) is 0 Å². The number of fused-ring (bicyclic) bond motifs is 3. The zero-order valence-corrected chi connectivity index (χ0v) is 7.40. The Morgan fingerprint density at radius 1 is 1.23 bits per heavy atom. The maximum atomic E-state index is 10.0. The van der Waals surface area contributed by atoms with Crippen molar-refractivity contribution < 1.29 is 5.11 Å². The van der Waals surface area contributed by atoms with Crippen LogP contribution in [0.2, 0.25) is 0 Å². The van der Waals surface area contributed by atoms with Crippen molar-refractivity contribution in [2.75, 3.05) is 6.54 Å². The van der Waals surface area contributed by atoms with Crippen LogP contribution in [0, 0.1) is 5.92 Å². The first kappa shape index (κ1) is 7.54. The fraction of sp³-hybridized carbons (Fsp3) is 0.455. The van der Waals surface area contributed by atoms with Crippen LogP contribution in [-0.4, -0.2) is 11.7 Å². The van der Waals surface area contributed by atoms with Crippen molar-refractivity contribution in [3.8, 4) is 0 Å². The van der Waals surface area contributed by atoms with Crippen molar-refractivity contribution in [1.82, 2.24) is 5.32 Å². The van der Waals surface area contributed by atoms with Crippen LogP contribution in [-0.2, 0) is 0 Å². The molecule has 1 aliphatic carbocycles. The highest BCUT2D eigenvalue weighted by Crippen LogP contribution is 2.47. The molecule has 1 aliphatic heterocycles. The molecule has 1 aromatic carbocycles. The minimum absolute atomic E-state index is 0.240. The van der Waals surface area contributed by atoms with Crippen molar-refractivity contribution in [3.63, 3.8) is 0 Å². The molecule has 13 heavy (non-hydrogen) atoms. The van der Waals surface area contributed by atoms with Gasteiger partial charge in [0.2, 0.25) is 0 Å². The lowest BCUT2D eigenvalue weighted by atomic mass is 10.0. The van der Waals surface area contributed by atoms with Gasteiger partial charge in [0.1, 0.15) is 0 Å². The minimum Gasteiger partial charge on any atom is -0.388 e. The van der Waals surface area contributed by atoms with Crippen molar-refractivity contribution in [2.24, 2.45) is 5.92 Å². The average Bonchev–Trinajstić information content (AvgIpc) is 2.72. The Balaban J connectivity index is 2.13. The second-order valence-electron chi connectivity index (χ2n) is 3.96. The standard InChI is InChI=1S/C11H13NO/c13-11-8-4-2-1-3-7(8)10-9(11)5-6-12-10/h1-4,9-13H,5-6H2. The number of nitrogens with one attached hydrogen (secondary N) is 1. The van der Waals surface area contributed by atoms with Gasteiger partial charge in [-0.1, -0.05) is 24.3 Å². The van der Waals surface area contributed by atoms with Crippen molar-refractivity contribution in [3.05, 3.63) is 35.4 Å². The van der Waals surface area contributed by atoms with E-state index in [4.69, 9.17) is 0 Å². The van der Waals surface area contributed by atoms with Gasteiger partial charge in [0.15, 0.2) is 0 Å². The molecule has 0 radical (unpaired) electrons. The number of hydrogen-bond donors (Lipinski definition) is 2. The van der Waals surface area contributed by atoms with Crippen LogP contribution in [0.4, 0.5) is 0 Å². The zero-order chi connectivity index (χ0) is 8.84. The molecular formula is C11H13NO. The first-order chi connectivity index (χ1) is 6.38. The molecule has 2 aliphatic rings. The summed E-state index contributed by atoms with van der Waals surface area (Å²) >= 11 is 0. The van der Waals surface area contributed by atoms with E-state index in [1.807, 2.05) is 18.2 Å². The van der Waals surface area contributed by atoms with E-state index in [2.05, 4.69) is 11.4 Å². The summed E-state index contributed by atoms with van der Waals surface area (Å²) in [6.45, 7) is 1.04. The van der Waals surface area contributed by atoms with E-state index in [-0.39, 0.29) is 6.10 Å². The predicted octanol–water partition coefficient (Wildman–Crippen LogP) is 1.38. The fourth-order valence-corrected chi connectivity index (χ4v) is 2.70. The maximum Gasteiger partial charge on any atom is 0.0840 e. The molecule has 68 valence electrons. The summed E-state index contributed by atoms with van der Waals surface area (Å²) in [6.07, 6.45) is 0.858. The molecule has 0 amide bonds. The van der Waals surface area contributed by atoms with E-state index in [9.17, 15) is 5.11 Å². The second-order valence-corrected chi connectivity index (χ2v) is 3.96. The quantitative estimate of drug-likeness (QED) is 0.624. The van der Waals surface area contributed by atoms with Gasteiger partial charge in [-0.2, -0.15) is 0 Å². The molecular weight excluding hydrogens is 162 g/mol. The van der Waals surface area contributed by atoms with E-state index in [0.717, 1.165) is 18.5 Å². The Morgan fingerprint density at radius 3 is 2.85 bits per heavy atom. The highest BCUT2D eigenvalue weighted by Gasteiger charge is 2.41. The van der Waals surface area contributed by atoms with Gasteiger partial charge in [0, 0.05) is 12.0 Å². The molecule has 2 heteroatoms. The molecule has 1 aromatic rings. The Morgan fingerprint density at radius 2 is 2.00 bits per heavy atom. The zero-order valence-electron chi connectivity index (χ0n) is 7.40. The lowest BCUT2D eigenvalue weighted by molar-refractivity contribution is 0.118. The summed E-state index contributed by atoms with van der Waals surface area (Å²) in [7, 11) is 0. The molecule has 3 unspecified atom stereocenters. The average molecular weight is 175 g/mol. The molecule has 2 nitrogen and oxygen atoms in total.